The van der Waals surface area contributed by atoms with Crippen molar-refractivity contribution in [2.75, 3.05) is 6.61 Å². The first kappa shape index (κ1) is 11.4. The summed E-state index contributed by atoms with van der Waals surface area (Å²) in [4.78, 5) is 0. The fourth-order valence-electron chi connectivity index (χ4n) is 2.90. The van der Waals surface area contributed by atoms with E-state index in [9.17, 15) is 5.11 Å². The Balaban J connectivity index is 2.21. The molecule has 1 aliphatic heterocycles. The van der Waals surface area contributed by atoms with E-state index in [0.717, 1.165) is 6.42 Å². The maximum absolute atomic E-state index is 9.72. The molecule has 1 saturated heterocycles. The zero-order valence-corrected chi connectivity index (χ0v) is 10.3. The van der Waals surface area contributed by atoms with Crippen LogP contribution in [0, 0.1) is 0 Å². The van der Waals surface area contributed by atoms with Crippen LogP contribution >= 0.6 is 0 Å². The molecule has 0 bridgehead atoms. The lowest BCUT2D eigenvalue weighted by Crippen LogP contribution is -2.60. The van der Waals surface area contributed by atoms with Crippen LogP contribution in [0.2, 0.25) is 0 Å². The SMILES string of the molecule is CC1(C)CC(CO)(NC2CC2)C(C)(C)O1. The lowest BCUT2D eigenvalue weighted by Gasteiger charge is -2.39. The summed E-state index contributed by atoms with van der Waals surface area (Å²) >= 11 is 0. The lowest BCUT2D eigenvalue weighted by atomic mass is 9.79. The molecule has 0 aromatic carbocycles. The first-order valence-electron chi connectivity index (χ1n) is 5.89. The van der Waals surface area contributed by atoms with Gasteiger partial charge in [-0.15, -0.1) is 0 Å². The summed E-state index contributed by atoms with van der Waals surface area (Å²) in [5, 5.41) is 13.3. The van der Waals surface area contributed by atoms with E-state index in [1.54, 1.807) is 0 Å². The van der Waals surface area contributed by atoms with E-state index in [2.05, 4.69) is 33.0 Å². The molecule has 2 rings (SSSR count). The molecule has 2 aliphatic rings. The predicted molar refractivity (Wildman–Crippen MR) is 59.8 cm³/mol. The molecule has 15 heavy (non-hydrogen) atoms. The Morgan fingerprint density at radius 2 is 1.87 bits per heavy atom. The number of ether oxygens (including phenoxy) is 1. The summed E-state index contributed by atoms with van der Waals surface area (Å²) < 4.78 is 6.05. The molecule has 1 aliphatic carbocycles. The Labute approximate surface area is 92.2 Å². The van der Waals surface area contributed by atoms with Crippen molar-refractivity contribution in [3.63, 3.8) is 0 Å². The van der Waals surface area contributed by atoms with Crippen LogP contribution in [0.4, 0.5) is 0 Å². The Kier molecular flexibility index (Phi) is 2.42. The van der Waals surface area contributed by atoms with Gasteiger partial charge in [-0.1, -0.05) is 0 Å². The summed E-state index contributed by atoms with van der Waals surface area (Å²) in [6.07, 6.45) is 3.34. The van der Waals surface area contributed by atoms with Crippen LogP contribution in [-0.4, -0.2) is 34.5 Å². The van der Waals surface area contributed by atoms with Crippen molar-refractivity contribution < 1.29 is 9.84 Å². The average molecular weight is 213 g/mol. The van der Waals surface area contributed by atoms with Crippen LogP contribution in [-0.2, 0) is 4.74 Å². The molecule has 1 saturated carbocycles. The van der Waals surface area contributed by atoms with Crippen LogP contribution in [0.25, 0.3) is 0 Å². The van der Waals surface area contributed by atoms with Gasteiger partial charge in [-0.05, 0) is 47.0 Å². The molecular weight excluding hydrogens is 190 g/mol. The van der Waals surface area contributed by atoms with Gasteiger partial charge in [-0.2, -0.15) is 0 Å². The maximum atomic E-state index is 9.72. The molecule has 3 heteroatoms. The third-order valence-electron chi connectivity index (χ3n) is 3.74. The van der Waals surface area contributed by atoms with Crippen molar-refractivity contribution in [1.29, 1.82) is 0 Å². The van der Waals surface area contributed by atoms with E-state index in [0.29, 0.717) is 6.04 Å². The highest BCUT2D eigenvalue weighted by Crippen LogP contribution is 2.46. The number of hydrogen-bond donors (Lipinski definition) is 2. The van der Waals surface area contributed by atoms with E-state index < -0.39 is 0 Å². The van der Waals surface area contributed by atoms with E-state index in [4.69, 9.17) is 4.74 Å². The van der Waals surface area contributed by atoms with Gasteiger partial charge in [0.15, 0.2) is 0 Å². The van der Waals surface area contributed by atoms with Gasteiger partial charge in [-0.25, -0.2) is 0 Å². The summed E-state index contributed by atoms with van der Waals surface area (Å²) in [7, 11) is 0. The average Bonchev–Trinajstić information content (AvgIpc) is 2.80. The monoisotopic (exact) mass is 213 g/mol. The third kappa shape index (κ3) is 1.93. The number of aliphatic hydroxyl groups excluding tert-OH is 1. The Bertz CT molecular complexity index is 258. The molecule has 88 valence electrons. The molecule has 3 nitrogen and oxygen atoms in total. The fraction of sp³-hybridized carbons (Fsp3) is 1.00. The second kappa shape index (κ2) is 3.19. The fourth-order valence-corrected chi connectivity index (χ4v) is 2.90. The minimum atomic E-state index is -0.298. The standard InChI is InChI=1S/C12H23NO2/c1-10(2)7-12(8-14,11(3,4)15-10)13-9-5-6-9/h9,13-14H,5-8H2,1-4H3. The Morgan fingerprint density at radius 3 is 2.20 bits per heavy atom. The Hall–Kier alpha value is -0.120. The van der Waals surface area contributed by atoms with E-state index >= 15 is 0 Å². The van der Waals surface area contributed by atoms with Gasteiger partial charge < -0.3 is 15.2 Å². The number of hydrogen-bond acceptors (Lipinski definition) is 3. The first-order chi connectivity index (χ1) is 6.80. The third-order valence-corrected chi connectivity index (χ3v) is 3.74. The van der Waals surface area contributed by atoms with Crippen LogP contribution in [0.15, 0.2) is 0 Å². The topological polar surface area (TPSA) is 41.5 Å². The predicted octanol–water partition coefficient (Wildman–Crippen LogP) is 1.45. The molecule has 1 atom stereocenters. The largest absolute Gasteiger partial charge is 0.394 e. The van der Waals surface area contributed by atoms with Crippen molar-refractivity contribution in [2.24, 2.45) is 0 Å². The minimum Gasteiger partial charge on any atom is -0.394 e. The van der Waals surface area contributed by atoms with Crippen molar-refractivity contribution in [2.45, 2.75) is 69.7 Å². The summed E-state index contributed by atoms with van der Waals surface area (Å²) in [6.45, 7) is 8.50. The highest BCUT2D eigenvalue weighted by molar-refractivity contribution is 5.13. The van der Waals surface area contributed by atoms with Gasteiger partial charge in [0.05, 0.1) is 23.3 Å². The zero-order chi connectivity index (χ0) is 11.3. The number of nitrogens with one attached hydrogen (secondary N) is 1. The number of rotatable bonds is 3. The Morgan fingerprint density at radius 1 is 1.27 bits per heavy atom. The van der Waals surface area contributed by atoms with E-state index in [1.807, 2.05) is 0 Å². The van der Waals surface area contributed by atoms with Crippen LogP contribution in [0.3, 0.4) is 0 Å². The summed E-state index contributed by atoms with van der Waals surface area (Å²) in [5.41, 5.74) is -0.709. The molecule has 0 spiro atoms. The number of aliphatic hydroxyl groups is 1. The molecule has 0 radical (unpaired) electrons. The molecule has 2 fully saturated rings. The van der Waals surface area contributed by atoms with Crippen LogP contribution in [0.5, 0.6) is 0 Å². The van der Waals surface area contributed by atoms with Crippen molar-refractivity contribution in [1.82, 2.24) is 5.32 Å². The highest BCUT2D eigenvalue weighted by atomic mass is 16.5. The van der Waals surface area contributed by atoms with Crippen LogP contribution in [0.1, 0.15) is 47.0 Å². The molecule has 0 aromatic heterocycles. The van der Waals surface area contributed by atoms with Crippen molar-refractivity contribution in [3.05, 3.63) is 0 Å². The van der Waals surface area contributed by atoms with Crippen molar-refractivity contribution >= 4 is 0 Å². The van der Waals surface area contributed by atoms with Gasteiger partial charge in [0, 0.05) is 6.04 Å². The smallest absolute Gasteiger partial charge is 0.0838 e. The second-order valence-corrected chi connectivity index (χ2v) is 6.21. The second-order valence-electron chi connectivity index (χ2n) is 6.21. The zero-order valence-electron chi connectivity index (χ0n) is 10.3. The molecule has 0 amide bonds. The van der Waals surface area contributed by atoms with E-state index in [-0.39, 0.29) is 23.3 Å². The normalized spacial score (nSPS) is 38.2. The van der Waals surface area contributed by atoms with Gasteiger partial charge in [0.2, 0.25) is 0 Å². The quantitative estimate of drug-likeness (QED) is 0.745. The molecule has 1 unspecified atom stereocenters. The lowest BCUT2D eigenvalue weighted by molar-refractivity contribution is -0.0898. The van der Waals surface area contributed by atoms with Gasteiger partial charge in [0.1, 0.15) is 0 Å². The van der Waals surface area contributed by atoms with Gasteiger partial charge in [0.25, 0.3) is 0 Å². The summed E-state index contributed by atoms with van der Waals surface area (Å²) in [5.74, 6) is 0. The van der Waals surface area contributed by atoms with Crippen LogP contribution < -0.4 is 5.32 Å². The molecule has 0 aromatic rings. The van der Waals surface area contributed by atoms with E-state index in [1.165, 1.54) is 12.8 Å². The maximum Gasteiger partial charge on any atom is 0.0838 e. The highest BCUT2D eigenvalue weighted by Gasteiger charge is 2.58. The minimum absolute atomic E-state index is 0.145. The summed E-state index contributed by atoms with van der Waals surface area (Å²) in [6, 6.07) is 0.592. The van der Waals surface area contributed by atoms with Crippen molar-refractivity contribution in [3.8, 4) is 0 Å². The van der Waals surface area contributed by atoms with Gasteiger partial charge in [-0.3, -0.25) is 0 Å². The molecule has 1 heterocycles. The molecule has 2 N–H and O–H groups in total. The first-order valence-corrected chi connectivity index (χ1v) is 5.89. The molecular formula is C12H23NO2. The van der Waals surface area contributed by atoms with Gasteiger partial charge >= 0.3 is 0 Å².